The van der Waals surface area contributed by atoms with Crippen LogP contribution in [0.1, 0.15) is 6.42 Å². The maximum Gasteiger partial charge on any atom is 0.168 e. The summed E-state index contributed by atoms with van der Waals surface area (Å²) in [5, 5.41) is 12.0. The average Bonchev–Trinajstić information content (AvgIpc) is 3.03. The SMILES string of the molecule is O=P(C1=c2ccccc2=C2C=CC=CC2C1)(c1ccc2ccccc2c1)c1cc2ccccc2c2ccccc12. The van der Waals surface area contributed by atoms with E-state index in [0.717, 1.165) is 54.5 Å². The predicted molar refractivity (Wildman–Crippen MR) is 171 cm³/mol. The van der Waals surface area contributed by atoms with Crippen molar-refractivity contribution in [2.24, 2.45) is 5.92 Å². The fourth-order valence-corrected chi connectivity index (χ4v) is 10.1. The third-order valence-electron chi connectivity index (χ3n) is 8.65. The van der Waals surface area contributed by atoms with Crippen molar-refractivity contribution in [3.63, 3.8) is 0 Å². The van der Waals surface area contributed by atoms with Gasteiger partial charge < -0.3 is 4.57 Å². The topological polar surface area (TPSA) is 17.1 Å². The fourth-order valence-electron chi connectivity index (χ4n) is 6.76. The molecule has 0 radical (unpaired) electrons. The second-order valence-electron chi connectivity index (χ2n) is 10.8. The van der Waals surface area contributed by atoms with Gasteiger partial charge in [-0.05, 0) is 66.9 Å². The van der Waals surface area contributed by atoms with Gasteiger partial charge in [0.1, 0.15) is 0 Å². The maximum absolute atomic E-state index is 16.4. The van der Waals surface area contributed by atoms with E-state index in [1.54, 1.807) is 0 Å². The molecule has 6 aromatic rings. The highest BCUT2D eigenvalue weighted by Gasteiger charge is 2.37. The summed E-state index contributed by atoms with van der Waals surface area (Å²) in [6.07, 6.45) is 9.49. The first-order chi connectivity index (χ1) is 19.7. The Kier molecular flexibility index (Phi) is 5.30. The number of hydrogen-bond donors (Lipinski definition) is 0. The third-order valence-corrected chi connectivity index (χ3v) is 11.9. The van der Waals surface area contributed by atoms with E-state index in [4.69, 9.17) is 0 Å². The molecular formula is C38H27OP. The number of fused-ring (bicyclic) bond motifs is 6. The van der Waals surface area contributed by atoms with Crippen molar-refractivity contribution in [3.05, 3.63) is 156 Å². The molecule has 0 aromatic heterocycles. The lowest BCUT2D eigenvalue weighted by Crippen LogP contribution is -2.37. The Morgan fingerprint density at radius 1 is 0.575 bits per heavy atom. The summed E-state index contributed by atoms with van der Waals surface area (Å²) >= 11 is 0. The van der Waals surface area contributed by atoms with Gasteiger partial charge in [-0.3, -0.25) is 0 Å². The Balaban J connectivity index is 1.57. The second kappa shape index (κ2) is 9.05. The Hall–Kier alpha value is -4.45. The quantitative estimate of drug-likeness (QED) is 0.170. The van der Waals surface area contributed by atoms with Crippen LogP contribution < -0.4 is 21.0 Å². The van der Waals surface area contributed by atoms with Gasteiger partial charge in [0.2, 0.25) is 0 Å². The molecule has 2 heteroatoms. The number of benzene rings is 6. The van der Waals surface area contributed by atoms with Gasteiger partial charge in [0.15, 0.2) is 7.14 Å². The Morgan fingerprint density at radius 2 is 1.25 bits per heavy atom. The summed E-state index contributed by atoms with van der Waals surface area (Å²) in [4.78, 5) is 0. The van der Waals surface area contributed by atoms with Crippen LogP contribution in [-0.4, -0.2) is 0 Å². The molecule has 0 aliphatic heterocycles. The van der Waals surface area contributed by atoms with Crippen molar-refractivity contribution in [2.45, 2.75) is 6.42 Å². The highest BCUT2D eigenvalue weighted by atomic mass is 31.2. The molecule has 0 spiro atoms. The largest absolute Gasteiger partial charge is 0.309 e. The van der Waals surface area contributed by atoms with Gasteiger partial charge in [-0.2, -0.15) is 0 Å². The van der Waals surface area contributed by atoms with Crippen LogP contribution in [-0.2, 0) is 4.57 Å². The summed E-state index contributed by atoms with van der Waals surface area (Å²) < 4.78 is 16.4. The van der Waals surface area contributed by atoms with E-state index in [1.165, 1.54) is 16.2 Å². The average molecular weight is 531 g/mol. The Morgan fingerprint density at radius 3 is 2.10 bits per heavy atom. The first-order valence-electron chi connectivity index (χ1n) is 13.9. The zero-order valence-corrected chi connectivity index (χ0v) is 22.9. The number of rotatable bonds is 3. The van der Waals surface area contributed by atoms with Crippen molar-refractivity contribution in [1.82, 2.24) is 0 Å². The van der Waals surface area contributed by atoms with E-state index in [9.17, 15) is 0 Å². The van der Waals surface area contributed by atoms with Crippen molar-refractivity contribution in [2.75, 3.05) is 0 Å². The predicted octanol–water partition coefficient (Wildman–Crippen LogP) is 7.57. The van der Waals surface area contributed by atoms with Crippen LogP contribution in [0.5, 0.6) is 0 Å². The van der Waals surface area contributed by atoms with Crippen LogP contribution in [0.2, 0.25) is 0 Å². The molecule has 190 valence electrons. The van der Waals surface area contributed by atoms with Gasteiger partial charge >= 0.3 is 0 Å². The summed E-state index contributed by atoms with van der Waals surface area (Å²) in [5.74, 6) is 0.204. The zero-order chi connectivity index (χ0) is 26.7. The molecule has 0 N–H and O–H groups in total. The lowest BCUT2D eigenvalue weighted by Gasteiger charge is -2.31. The molecule has 0 saturated carbocycles. The minimum Gasteiger partial charge on any atom is -0.309 e. The number of hydrogen-bond acceptors (Lipinski definition) is 1. The first-order valence-corrected chi connectivity index (χ1v) is 15.6. The fraction of sp³-hybridized carbons (Fsp3) is 0.0526. The molecule has 40 heavy (non-hydrogen) atoms. The summed E-state index contributed by atoms with van der Waals surface area (Å²) in [5.41, 5.74) is 1.32. The van der Waals surface area contributed by atoms with E-state index in [1.807, 2.05) is 0 Å². The summed E-state index contributed by atoms with van der Waals surface area (Å²) in [7, 11) is -3.30. The lowest BCUT2D eigenvalue weighted by molar-refractivity contribution is 0.591. The molecule has 0 amide bonds. The minimum absolute atomic E-state index is 0.204. The highest BCUT2D eigenvalue weighted by molar-refractivity contribution is 7.87. The van der Waals surface area contributed by atoms with Crippen LogP contribution in [0.4, 0.5) is 0 Å². The molecule has 2 unspecified atom stereocenters. The van der Waals surface area contributed by atoms with Crippen molar-refractivity contribution >= 4 is 61.0 Å². The monoisotopic (exact) mass is 530 g/mol. The molecule has 0 saturated heterocycles. The van der Waals surface area contributed by atoms with Gasteiger partial charge in [0, 0.05) is 21.8 Å². The van der Waals surface area contributed by atoms with Crippen LogP contribution in [0.3, 0.4) is 0 Å². The van der Waals surface area contributed by atoms with E-state index in [2.05, 4.69) is 146 Å². The summed E-state index contributed by atoms with van der Waals surface area (Å²) in [6, 6.07) is 42.5. The maximum atomic E-state index is 16.4. The minimum atomic E-state index is -3.30. The van der Waals surface area contributed by atoms with E-state index >= 15 is 4.57 Å². The Labute approximate surface area is 233 Å². The molecule has 0 heterocycles. The van der Waals surface area contributed by atoms with Crippen molar-refractivity contribution in [1.29, 1.82) is 0 Å². The molecule has 2 aliphatic carbocycles. The second-order valence-corrected chi connectivity index (χ2v) is 13.6. The summed E-state index contributed by atoms with van der Waals surface area (Å²) in [6.45, 7) is 0. The molecular weight excluding hydrogens is 503 g/mol. The molecule has 2 aliphatic rings. The smallest absolute Gasteiger partial charge is 0.168 e. The van der Waals surface area contributed by atoms with E-state index < -0.39 is 7.14 Å². The number of allylic oxidation sites excluding steroid dienone is 4. The van der Waals surface area contributed by atoms with Gasteiger partial charge in [0.05, 0.1) is 0 Å². The standard InChI is InChI=1S/C38H27OP/c39-40(30-22-21-26-11-1-2-12-27(26)23-30,37-24-28-13-3-5-15-31(28)33-17-7-9-19-35(33)37)38-25-29-14-4-6-16-32(29)34-18-8-10-20-36(34)38/h1-24,29H,25H2. The van der Waals surface area contributed by atoms with Crippen LogP contribution in [0, 0.1) is 5.92 Å². The molecule has 6 aromatic carbocycles. The van der Waals surface area contributed by atoms with Crippen molar-refractivity contribution < 1.29 is 4.57 Å². The van der Waals surface area contributed by atoms with Gasteiger partial charge in [-0.15, -0.1) is 0 Å². The molecule has 0 bridgehead atoms. The van der Waals surface area contributed by atoms with Gasteiger partial charge in [0.25, 0.3) is 0 Å². The third kappa shape index (κ3) is 3.45. The van der Waals surface area contributed by atoms with Crippen LogP contribution in [0.25, 0.3) is 43.2 Å². The van der Waals surface area contributed by atoms with Crippen LogP contribution in [0.15, 0.2) is 146 Å². The molecule has 2 atom stereocenters. The van der Waals surface area contributed by atoms with Gasteiger partial charge in [-0.25, -0.2) is 0 Å². The highest BCUT2D eigenvalue weighted by Crippen LogP contribution is 2.57. The van der Waals surface area contributed by atoms with E-state index in [-0.39, 0.29) is 5.92 Å². The zero-order valence-electron chi connectivity index (χ0n) is 22.0. The van der Waals surface area contributed by atoms with Crippen LogP contribution >= 0.6 is 7.14 Å². The first kappa shape index (κ1) is 23.4. The molecule has 0 fully saturated rings. The molecule has 1 nitrogen and oxygen atoms in total. The normalized spacial score (nSPS) is 17.6. The van der Waals surface area contributed by atoms with E-state index in [0.29, 0.717) is 0 Å². The molecule has 8 rings (SSSR count). The Bertz CT molecular complexity index is 2230. The lowest BCUT2D eigenvalue weighted by atomic mass is 9.86. The van der Waals surface area contributed by atoms with Gasteiger partial charge in [-0.1, -0.05) is 133 Å². The van der Waals surface area contributed by atoms with Crippen molar-refractivity contribution in [3.8, 4) is 0 Å².